The normalized spacial score (nSPS) is 11.4. The van der Waals surface area contributed by atoms with Crippen LogP contribution in [-0.4, -0.2) is 59.9 Å². The average molecular weight is 474 g/mol. The van der Waals surface area contributed by atoms with Crippen molar-refractivity contribution in [1.82, 2.24) is 14.9 Å². The fraction of sp³-hybridized carbons (Fsp3) is 0.538. The van der Waals surface area contributed by atoms with Crippen molar-refractivity contribution < 1.29 is 4.79 Å². The molecule has 0 amide bonds. The van der Waals surface area contributed by atoms with Crippen molar-refractivity contribution in [3.63, 3.8) is 0 Å². The van der Waals surface area contributed by atoms with Crippen LogP contribution in [0.1, 0.15) is 66.4 Å². The monoisotopic (exact) mass is 473 g/mol. The fourth-order valence-electron chi connectivity index (χ4n) is 3.02. The smallest absolute Gasteiger partial charge is 0.222 e. The molecule has 0 aliphatic heterocycles. The molecule has 6 nitrogen and oxygen atoms in total. The number of carbonyl (C=O) groups excluding carboxylic acids is 1. The number of hydrogen-bond acceptors (Lipinski definition) is 7. The molecule has 1 aromatic carbocycles. The van der Waals surface area contributed by atoms with Gasteiger partial charge in [0.2, 0.25) is 5.95 Å². The Morgan fingerprint density at radius 2 is 1.85 bits per heavy atom. The molecule has 184 valence electrons. The van der Waals surface area contributed by atoms with Gasteiger partial charge >= 0.3 is 0 Å². The summed E-state index contributed by atoms with van der Waals surface area (Å²) >= 11 is 1.69. The van der Waals surface area contributed by atoms with Crippen LogP contribution in [0.5, 0.6) is 0 Å². The minimum Gasteiger partial charge on any atom is -0.357 e. The minimum atomic E-state index is 0.599. The van der Waals surface area contributed by atoms with E-state index in [1.807, 2.05) is 40.2 Å². The second-order valence-electron chi connectivity index (χ2n) is 7.04. The number of nitrogens with one attached hydrogen (secondary N) is 1. The maximum atomic E-state index is 10.1. The number of allylic oxidation sites excluding steroid dienone is 2. The molecule has 0 saturated carbocycles. The van der Waals surface area contributed by atoms with Gasteiger partial charge in [-0.05, 0) is 50.2 Å². The molecule has 33 heavy (non-hydrogen) atoms. The van der Waals surface area contributed by atoms with E-state index >= 15 is 0 Å². The number of fused-ring (bicyclic) bond motifs is 1. The fourth-order valence-corrected chi connectivity index (χ4v) is 3.92. The number of carbonyl (C=O) groups is 1. The van der Waals surface area contributed by atoms with E-state index in [2.05, 4.69) is 71.1 Å². The molecular weight excluding hydrogens is 430 g/mol. The highest BCUT2D eigenvalue weighted by Gasteiger charge is 2.07. The van der Waals surface area contributed by atoms with Crippen LogP contribution in [0.4, 0.5) is 5.95 Å². The number of nitrogens with zero attached hydrogens (tertiary/aromatic N) is 4. The molecule has 0 saturated heterocycles. The molecule has 2 aromatic rings. The lowest BCUT2D eigenvalue weighted by Crippen LogP contribution is -2.27. The van der Waals surface area contributed by atoms with E-state index in [9.17, 15) is 4.79 Å². The first-order chi connectivity index (χ1) is 16.0. The predicted molar refractivity (Wildman–Crippen MR) is 148 cm³/mol. The molecule has 0 aliphatic rings. The van der Waals surface area contributed by atoms with Gasteiger partial charge in [-0.2, -0.15) is 0 Å². The lowest BCUT2D eigenvalue weighted by atomic mass is 10.2. The summed E-state index contributed by atoms with van der Waals surface area (Å²) in [5.74, 6) is 0.629. The zero-order chi connectivity index (χ0) is 25.1. The molecule has 0 spiro atoms. The van der Waals surface area contributed by atoms with Crippen molar-refractivity contribution in [2.75, 3.05) is 39.0 Å². The Morgan fingerprint density at radius 3 is 2.36 bits per heavy atom. The first-order valence-electron chi connectivity index (χ1n) is 11.9. The Balaban J connectivity index is 0.000000722. The van der Waals surface area contributed by atoms with Crippen LogP contribution in [0.25, 0.3) is 10.9 Å². The molecule has 0 radical (unpaired) electrons. The van der Waals surface area contributed by atoms with E-state index in [-0.39, 0.29) is 0 Å². The Morgan fingerprint density at radius 1 is 1.18 bits per heavy atom. The molecule has 0 fully saturated rings. The lowest BCUT2D eigenvalue weighted by Gasteiger charge is -2.16. The van der Waals surface area contributed by atoms with E-state index in [4.69, 9.17) is 0 Å². The highest BCUT2D eigenvalue weighted by Crippen LogP contribution is 2.24. The first kappa shape index (κ1) is 30.8. The molecule has 1 heterocycles. The summed E-state index contributed by atoms with van der Waals surface area (Å²) in [6, 6.07) is 6.17. The Bertz CT molecular complexity index is 861. The van der Waals surface area contributed by atoms with E-state index in [0.29, 0.717) is 12.5 Å². The van der Waals surface area contributed by atoms with Crippen LogP contribution in [0, 0.1) is 0 Å². The summed E-state index contributed by atoms with van der Waals surface area (Å²) in [7, 11) is 3.64. The number of rotatable bonds is 10. The third-order valence-corrected chi connectivity index (χ3v) is 5.52. The van der Waals surface area contributed by atoms with Crippen LogP contribution in [0.3, 0.4) is 0 Å². The summed E-state index contributed by atoms with van der Waals surface area (Å²) in [5.41, 5.74) is 2.00. The third kappa shape index (κ3) is 12.0. The summed E-state index contributed by atoms with van der Waals surface area (Å²) in [5, 5.41) is 4.99. The van der Waals surface area contributed by atoms with Crippen molar-refractivity contribution in [3.05, 3.63) is 40.9 Å². The zero-order valence-electron chi connectivity index (χ0n) is 21.8. The second-order valence-corrected chi connectivity index (χ2v) is 8.27. The first-order valence-corrected chi connectivity index (χ1v) is 12.8. The van der Waals surface area contributed by atoms with Crippen LogP contribution in [0.15, 0.2) is 40.4 Å². The molecule has 2 rings (SSSR count). The average Bonchev–Trinajstić information content (AvgIpc) is 2.84. The van der Waals surface area contributed by atoms with Gasteiger partial charge in [-0.1, -0.05) is 64.6 Å². The highest BCUT2D eigenvalue weighted by molar-refractivity contribution is 8.17. The van der Waals surface area contributed by atoms with Gasteiger partial charge in [-0.25, -0.2) is 9.97 Å². The summed E-state index contributed by atoms with van der Waals surface area (Å²) in [4.78, 5) is 26.7. The van der Waals surface area contributed by atoms with Gasteiger partial charge in [-0.15, -0.1) is 0 Å². The van der Waals surface area contributed by atoms with E-state index < -0.39 is 0 Å². The van der Waals surface area contributed by atoms with Crippen molar-refractivity contribution >= 4 is 39.9 Å². The number of aldehydes is 1. The number of hydrogen-bond donors (Lipinski definition) is 1. The lowest BCUT2D eigenvalue weighted by molar-refractivity contribution is -0.108. The largest absolute Gasteiger partial charge is 0.357 e. The van der Waals surface area contributed by atoms with Gasteiger partial charge in [0, 0.05) is 31.2 Å². The van der Waals surface area contributed by atoms with E-state index in [1.165, 1.54) is 4.91 Å². The summed E-state index contributed by atoms with van der Waals surface area (Å²) in [6.07, 6.45) is 8.31. The number of aromatic nitrogens is 2. The molecule has 7 heteroatoms. The minimum absolute atomic E-state index is 0.599. The van der Waals surface area contributed by atoms with E-state index in [0.717, 1.165) is 60.1 Å². The molecule has 0 bridgehead atoms. The topological polar surface area (TPSA) is 70.5 Å². The summed E-state index contributed by atoms with van der Waals surface area (Å²) in [6.45, 7) is 15.2. The van der Waals surface area contributed by atoms with Gasteiger partial charge < -0.3 is 10.1 Å². The van der Waals surface area contributed by atoms with Crippen molar-refractivity contribution in [2.45, 2.75) is 60.8 Å². The molecule has 0 unspecified atom stereocenters. The highest BCUT2D eigenvalue weighted by atomic mass is 32.2. The Hall–Kier alpha value is -2.25. The molecule has 0 atom stereocenters. The maximum Gasteiger partial charge on any atom is 0.222 e. The quantitative estimate of drug-likeness (QED) is 0.244. The van der Waals surface area contributed by atoms with Crippen molar-refractivity contribution in [3.8, 4) is 0 Å². The van der Waals surface area contributed by atoms with Crippen LogP contribution >= 0.6 is 11.8 Å². The molecule has 1 aromatic heterocycles. The third-order valence-electron chi connectivity index (χ3n) is 4.42. The number of anilines is 1. The second kappa shape index (κ2) is 19.2. The number of benzene rings is 1. The van der Waals surface area contributed by atoms with Crippen molar-refractivity contribution in [1.29, 1.82) is 0 Å². The SMILES string of the molecule is CC.CC/C=C(\C)SC(=NC)c1ccc2cnc(NC)nc2c1.CCCN(CC=O)CCC. The van der Waals surface area contributed by atoms with Gasteiger partial charge in [-0.3, -0.25) is 9.89 Å². The van der Waals surface area contributed by atoms with Crippen molar-refractivity contribution in [2.24, 2.45) is 4.99 Å². The van der Waals surface area contributed by atoms with Crippen LogP contribution in [-0.2, 0) is 4.79 Å². The molecule has 0 aliphatic carbocycles. The standard InChI is InChI=1S/C16H20N4S.C8H17NO.C2H6/c1-5-6-11(2)21-15(17-3)12-7-8-13-10-19-16(18-4)20-14(13)9-12;1-3-5-9(6-4-2)7-8-10;1-2/h6-10H,5H2,1-4H3,(H,18,19,20);8H,3-7H2,1-2H3;1-2H3/b11-6+,17-15?;;. The van der Waals surface area contributed by atoms with Crippen LogP contribution < -0.4 is 5.32 Å². The van der Waals surface area contributed by atoms with Gasteiger partial charge in [0.05, 0.1) is 12.1 Å². The zero-order valence-corrected chi connectivity index (χ0v) is 22.6. The number of aliphatic imine (C=N–C) groups is 1. The Labute approximate surface area is 205 Å². The van der Waals surface area contributed by atoms with E-state index in [1.54, 1.807) is 11.8 Å². The maximum absolute atomic E-state index is 10.1. The molecule has 1 N–H and O–H groups in total. The van der Waals surface area contributed by atoms with Gasteiger partial charge in [0.25, 0.3) is 0 Å². The van der Waals surface area contributed by atoms with Gasteiger partial charge in [0.1, 0.15) is 11.3 Å². The van der Waals surface area contributed by atoms with Gasteiger partial charge in [0.15, 0.2) is 0 Å². The summed E-state index contributed by atoms with van der Waals surface area (Å²) < 4.78 is 0. The predicted octanol–water partition coefficient (Wildman–Crippen LogP) is 6.43. The van der Waals surface area contributed by atoms with Crippen LogP contribution in [0.2, 0.25) is 0 Å². The Kier molecular flexibility index (Phi) is 17.9. The molecular formula is C26H43N5OS. The number of thioether (sulfide) groups is 1.